The molecule has 0 radical (unpaired) electrons. The van der Waals surface area contributed by atoms with Crippen LogP contribution < -0.4 is 0 Å². The molecule has 0 heterocycles. The van der Waals surface area contributed by atoms with E-state index < -0.39 is 0 Å². The van der Waals surface area contributed by atoms with Gasteiger partial charge in [-0.05, 0) is 0 Å². The number of hydrogen-bond acceptors (Lipinski definition) is 2. The topological polar surface area (TPSA) is 26.3 Å². The van der Waals surface area contributed by atoms with Gasteiger partial charge in [0, 0.05) is 0 Å². The molecule has 0 saturated carbocycles. The zero-order valence-corrected chi connectivity index (χ0v) is 11.9. The Morgan fingerprint density at radius 2 is 1.40 bits per heavy atom. The van der Waals surface area contributed by atoms with Crippen molar-refractivity contribution in [2.45, 2.75) is 71.1 Å². The molecule has 0 fully saturated rings. The average molecular weight is 396 g/mol. The van der Waals surface area contributed by atoms with Crippen molar-refractivity contribution >= 4 is 5.97 Å². The van der Waals surface area contributed by atoms with E-state index in [-0.39, 0.29) is 5.97 Å². The third-order valence-electron chi connectivity index (χ3n) is 2.55. The second kappa shape index (κ2) is 12.3. The van der Waals surface area contributed by atoms with Gasteiger partial charge in [-0.1, -0.05) is 6.92 Å². The summed E-state index contributed by atoms with van der Waals surface area (Å²) in [5.41, 5.74) is 0. The van der Waals surface area contributed by atoms with E-state index in [0.29, 0.717) is 6.42 Å². The van der Waals surface area contributed by atoms with Gasteiger partial charge in [0.05, 0.1) is 0 Å². The van der Waals surface area contributed by atoms with Crippen LogP contribution in [-0.2, 0) is 29.5 Å². The van der Waals surface area contributed by atoms with Gasteiger partial charge >= 0.3 is 99.7 Å². The minimum atomic E-state index is -0.0960. The van der Waals surface area contributed by atoms with Crippen molar-refractivity contribution in [3.05, 3.63) is 0 Å². The average Bonchev–Trinajstić information content (AvgIpc) is 2.26. The number of carbonyl (C=O) groups excluding carboxylic acids is 1. The monoisotopic (exact) mass is 396 g/mol. The molecule has 2 nitrogen and oxygen atoms in total. The van der Waals surface area contributed by atoms with Crippen molar-refractivity contribution in [2.24, 2.45) is 0 Å². The first-order valence-electron chi connectivity index (χ1n) is 6.09. The van der Waals surface area contributed by atoms with E-state index in [1.165, 1.54) is 44.9 Å². The molecule has 15 heavy (non-hydrogen) atoms. The second-order valence-corrected chi connectivity index (χ2v) is 4.45. The molecule has 0 aromatic heterocycles. The van der Waals surface area contributed by atoms with E-state index in [1.54, 1.807) is 0 Å². The standard InChI is InChI=1S/C12H24O2.Au/c1-2-3-4-5-6-7-8-9-10-11-12(13)14;/h2-11H2,1H3,(H,13,14);/q;+1/p-1. The Morgan fingerprint density at radius 3 is 1.87 bits per heavy atom. The summed E-state index contributed by atoms with van der Waals surface area (Å²) in [6.45, 7) is 2.24. The Morgan fingerprint density at radius 1 is 0.933 bits per heavy atom. The molecule has 0 aliphatic heterocycles. The SMILES string of the molecule is CCCCCCCCCCCC(=O)[O][Au]. The van der Waals surface area contributed by atoms with Gasteiger partial charge < -0.3 is 0 Å². The number of unbranched alkanes of at least 4 members (excludes halogenated alkanes) is 8. The fourth-order valence-electron chi connectivity index (χ4n) is 1.61. The minimum absolute atomic E-state index is 0.0960. The summed E-state index contributed by atoms with van der Waals surface area (Å²) >= 11 is 1.82. The molecular formula is C12H23AuO2. The third kappa shape index (κ3) is 12.1. The van der Waals surface area contributed by atoms with Crippen molar-refractivity contribution in [2.75, 3.05) is 0 Å². The van der Waals surface area contributed by atoms with Crippen LogP contribution in [0.5, 0.6) is 0 Å². The molecule has 0 aliphatic carbocycles. The van der Waals surface area contributed by atoms with Crippen LogP contribution in [0.4, 0.5) is 0 Å². The zero-order valence-electron chi connectivity index (χ0n) is 9.69. The van der Waals surface area contributed by atoms with E-state index in [4.69, 9.17) is 0 Å². The van der Waals surface area contributed by atoms with Crippen molar-refractivity contribution < 1.29 is 29.5 Å². The van der Waals surface area contributed by atoms with E-state index in [1.807, 2.05) is 21.5 Å². The van der Waals surface area contributed by atoms with E-state index in [0.717, 1.165) is 12.8 Å². The molecule has 0 aromatic carbocycles. The maximum absolute atomic E-state index is 10.8. The fraction of sp³-hybridized carbons (Fsp3) is 0.917. The van der Waals surface area contributed by atoms with Gasteiger partial charge in [-0.3, -0.25) is 0 Å². The summed E-state index contributed by atoms with van der Waals surface area (Å²) in [4.78, 5) is 10.8. The van der Waals surface area contributed by atoms with Crippen LogP contribution in [0.3, 0.4) is 0 Å². The summed E-state index contributed by atoms with van der Waals surface area (Å²) in [7, 11) is 0. The molecule has 0 saturated heterocycles. The normalized spacial score (nSPS) is 10.3. The fourth-order valence-corrected chi connectivity index (χ4v) is 1.83. The van der Waals surface area contributed by atoms with Crippen LogP contribution in [0.1, 0.15) is 71.1 Å². The number of hydrogen-bond donors (Lipinski definition) is 0. The van der Waals surface area contributed by atoms with Crippen LogP contribution >= 0.6 is 0 Å². The van der Waals surface area contributed by atoms with Gasteiger partial charge in [0.1, 0.15) is 0 Å². The molecule has 0 N–H and O–H groups in total. The predicted molar refractivity (Wildman–Crippen MR) is 57.9 cm³/mol. The van der Waals surface area contributed by atoms with Gasteiger partial charge in [-0.2, -0.15) is 0 Å². The van der Waals surface area contributed by atoms with Crippen molar-refractivity contribution in [1.82, 2.24) is 0 Å². The Labute approximate surface area is 107 Å². The Hall–Kier alpha value is 0.210. The summed E-state index contributed by atoms with van der Waals surface area (Å²) in [5, 5.41) is 0. The molecule has 0 atom stereocenters. The number of rotatable bonds is 10. The quantitative estimate of drug-likeness (QED) is 0.414. The first kappa shape index (κ1) is 15.2. The van der Waals surface area contributed by atoms with Gasteiger partial charge in [0.2, 0.25) is 0 Å². The Kier molecular flexibility index (Phi) is 12.5. The van der Waals surface area contributed by atoms with Gasteiger partial charge in [-0.15, -0.1) is 0 Å². The second-order valence-electron chi connectivity index (χ2n) is 4.01. The Bertz CT molecular complexity index is 149. The first-order valence-corrected chi connectivity index (χ1v) is 6.98. The summed E-state index contributed by atoms with van der Waals surface area (Å²) in [5.74, 6) is -0.0960. The third-order valence-corrected chi connectivity index (χ3v) is 3.05. The van der Waals surface area contributed by atoms with E-state index in [2.05, 4.69) is 10.2 Å². The summed E-state index contributed by atoms with van der Waals surface area (Å²) in [6, 6.07) is 0. The molecule has 94 valence electrons. The predicted octanol–water partition coefficient (Wildman–Crippen LogP) is 3.91. The van der Waals surface area contributed by atoms with Crippen LogP contribution in [0.15, 0.2) is 0 Å². The Balaban J connectivity index is 2.95. The van der Waals surface area contributed by atoms with Crippen molar-refractivity contribution in [1.29, 1.82) is 0 Å². The van der Waals surface area contributed by atoms with E-state index >= 15 is 0 Å². The molecule has 0 bridgehead atoms. The van der Waals surface area contributed by atoms with Crippen molar-refractivity contribution in [3.8, 4) is 0 Å². The van der Waals surface area contributed by atoms with Crippen LogP contribution in [0, 0.1) is 0 Å². The molecule has 0 amide bonds. The van der Waals surface area contributed by atoms with Gasteiger partial charge in [-0.25, -0.2) is 0 Å². The maximum atomic E-state index is 10.8. The molecular weight excluding hydrogens is 373 g/mol. The van der Waals surface area contributed by atoms with Crippen LogP contribution in [0.2, 0.25) is 0 Å². The van der Waals surface area contributed by atoms with E-state index in [9.17, 15) is 4.79 Å². The van der Waals surface area contributed by atoms with Gasteiger partial charge in [0.15, 0.2) is 0 Å². The molecule has 0 spiro atoms. The molecule has 0 unspecified atom stereocenters. The molecule has 0 rings (SSSR count). The van der Waals surface area contributed by atoms with Gasteiger partial charge in [0.25, 0.3) is 0 Å². The zero-order chi connectivity index (χ0) is 11.4. The molecule has 0 aliphatic rings. The summed E-state index contributed by atoms with van der Waals surface area (Å²) < 4.78 is 4.53. The molecule has 0 aromatic rings. The van der Waals surface area contributed by atoms with Crippen molar-refractivity contribution in [3.63, 3.8) is 0 Å². The summed E-state index contributed by atoms with van der Waals surface area (Å²) in [6.07, 6.45) is 12.1. The first-order chi connectivity index (χ1) is 7.31. The number of carbonyl (C=O) groups is 1. The van der Waals surface area contributed by atoms with Crippen LogP contribution in [0.25, 0.3) is 0 Å². The molecule has 3 heteroatoms. The van der Waals surface area contributed by atoms with Crippen LogP contribution in [-0.4, -0.2) is 5.97 Å².